The van der Waals surface area contributed by atoms with Crippen molar-refractivity contribution in [3.05, 3.63) is 28.5 Å². The number of amides is 1. The molecular formula is C11H10Cl2FNO3S. The maximum atomic E-state index is 14.1. The molecule has 0 aromatic heterocycles. The largest absolute Gasteiger partial charge is 0.339 e. The summed E-state index contributed by atoms with van der Waals surface area (Å²) < 4.78 is 36.6. The van der Waals surface area contributed by atoms with Crippen molar-refractivity contribution in [2.45, 2.75) is 23.8 Å². The summed E-state index contributed by atoms with van der Waals surface area (Å²) >= 11 is 5.71. The van der Waals surface area contributed by atoms with Crippen molar-refractivity contribution in [2.75, 3.05) is 7.05 Å². The molecule has 1 fully saturated rings. The van der Waals surface area contributed by atoms with Crippen LogP contribution >= 0.6 is 22.3 Å². The molecule has 0 radical (unpaired) electrons. The number of benzene rings is 1. The molecule has 0 bridgehead atoms. The topological polar surface area (TPSA) is 54.5 Å². The molecule has 1 aromatic carbocycles. The second kappa shape index (κ2) is 4.92. The van der Waals surface area contributed by atoms with Gasteiger partial charge in [-0.15, -0.1) is 0 Å². The van der Waals surface area contributed by atoms with Gasteiger partial charge in [0, 0.05) is 28.8 Å². The van der Waals surface area contributed by atoms with Crippen molar-refractivity contribution in [1.29, 1.82) is 0 Å². The quantitative estimate of drug-likeness (QED) is 0.803. The molecule has 0 aliphatic heterocycles. The van der Waals surface area contributed by atoms with E-state index >= 15 is 0 Å². The number of carbonyl (C=O) groups is 1. The lowest BCUT2D eigenvalue weighted by Gasteiger charge is -2.17. The maximum absolute atomic E-state index is 14.1. The molecule has 104 valence electrons. The molecule has 0 saturated heterocycles. The van der Waals surface area contributed by atoms with Crippen LogP contribution in [-0.4, -0.2) is 32.3 Å². The highest BCUT2D eigenvalue weighted by Gasteiger charge is 2.32. The average molecular weight is 326 g/mol. The van der Waals surface area contributed by atoms with Crippen LogP contribution in [0.5, 0.6) is 0 Å². The Morgan fingerprint density at radius 1 is 1.42 bits per heavy atom. The number of hydrogen-bond donors (Lipinski definition) is 0. The highest BCUT2D eigenvalue weighted by atomic mass is 35.7. The van der Waals surface area contributed by atoms with Crippen LogP contribution in [0.2, 0.25) is 5.02 Å². The van der Waals surface area contributed by atoms with E-state index in [0.717, 1.165) is 25.0 Å². The number of halogens is 3. The molecule has 4 nitrogen and oxygen atoms in total. The summed E-state index contributed by atoms with van der Waals surface area (Å²) in [5, 5.41) is -0.0619. The van der Waals surface area contributed by atoms with Gasteiger partial charge in [0.25, 0.3) is 15.0 Å². The van der Waals surface area contributed by atoms with E-state index in [1.165, 1.54) is 11.9 Å². The van der Waals surface area contributed by atoms with E-state index in [-0.39, 0.29) is 16.6 Å². The van der Waals surface area contributed by atoms with Crippen molar-refractivity contribution < 1.29 is 17.6 Å². The van der Waals surface area contributed by atoms with Crippen LogP contribution in [0.4, 0.5) is 4.39 Å². The van der Waals surface area contributed by atoms with Crippen molar-refractivity contribution in [1.82, 2.24) is 4.90 Å². The van der Waals surface area contributed by atoms with Crippen LogP contribution in [-0.2, 0) is 9.05 Å². The van der Waals surface area contributed by atoms with Gasteiger partial charge in [-0.1, -0.05) is 11.6 Å². The summed E-state index contributed by atoms with van der Waals surface area (Å²) in [5.41, 5.74) is -0.388. The zero-order valence-corrected chi connectivity index (χ0v) is 12.2. The van der Waals surface area contributed by atoms with E-state index in [1.54, 1.807) is 0 Å². The molecule has 0 unspecified atom stereocenters. The highest BCUT2D eigenvalue weighted by molar-refractivity contribution is 8.13. The third-order valence-corrected chi connectivity index (χ3v) is 4.45. The van der Waals surface area contributed by atoms with Gasteiger partial charge in [0.1, 0.15) is 4.90 Å². The summed E-state index contributed by atoms with van der Waals surface area (Å²) in [4.78, 5) is 12.7. The summed E-state index contributed by atoms with van der Waals surface area (Å²) in [5.74, 6) is -1.78. The zero-order valence-electron chi connectivity index (χ0n) is 9.86. The maximum Gasteiger partial charge on any atom is 0.264 e. The predicted octanol–water partition coefficient (Wildman–Crippen LogP) is 2.64. The lowest BCUT2D eigenvalue weighted by Crippen LogP contribution is -2.29. The smallest absolute Gasteiger partial charge is 0.264 e. The lowest BCUT2D eigenvalue weighted by molar-refractivity contribution is 0.0780. The first kappa shape index (κ1) is 14.6. The van der Waals surface area contributed by atoms with Gasteiger partial charge >= 0.3 is 0 Å². The predicted molar refractivity (Wildman–Crippen MR) is 69.6 cm³/mol. The highest BCUT2D eigenvalue weighted by Crippen LogP contribution is 2.30. The molecule has 0 atom stereocenters. The SMILES string of the molecule is CN(C(=O)c1cc(Cl)cc(S(=O)(=O)Cl)c1F)C1CC1. The van der Waals surface area contributed by atoms with Crippen LogP contribution < -0.4 is 0 Å². The molecule has 0 spiro atoms. The molecular weight excluding hydrogens is 316 g/mol. The minimum atomic E-state index is -4.30. The Morgan fingerprint density at radius 2 is 2.00 bits per heavy atom. The first-order valence-electron chi connectivity index (χ1n) is 5.42. The molecule has 1 aliphatic rings. The van der Waals surface area contributed by atoms with Gasteiger partial charge in [0.2, 0.25) is 0 Å². The average Bonchev–Trinajstić information content (AvgIpc) is 3.12. The first-order valence-corrected chi connectivity index (χ1v) is 8.11. The second-order valence-corrected chi connectivity index (χ2v) is 7.32. The minimum absolute atomic E-state index is 0.0619. The van der Waals surface area contributed by atoms with Crippen molar-refractivity contribution >= 4 is 37.2 Å². The van der Waals surface area contributed by atoms with Gasteiger partial charge in [0.05, 0.1) is 5.56 Å². The van der Waals surface area contributed by atoms with Crippen LogP contribution in [0, 0.1) is 5.82 Å². The van der Waals surface area contributed by atoms with E-state index in [1.807, 2.05) is 0 Å². The fourth-order valence-electron chi connectivity index (χ4n) is 1.71. The Kier molecular flexibility index (Phi) is 3.77. The molecule has 0 heterocycles. The third kappa shape index (κ3) is 3.01. The summed E-state index contributed by atoms with van der Waals surface area (Å²) in [6.07, 6.45) is 1.70. The zero-order chi connectivity index (χ0) is 14.4. The first-order chi connectivity index (χ1) is 8.71. The van der Waals surface area contributed by atoms with E-state index in [9.17, 15) is 17.6 Å². The Balaban J connectivity index is 2.51. The molecule has 2 rings (SSSR count). The van der Waals surface area contributed by atoms with Crippen molar-refractivity contribution in [3.8, 4) is 0 Å². The fraction of sp³-hybridized carbons (Fsp3) is 0.364. The van der Waals surface area contributed by atoms with E-state index in [0.29, 0.717) is 0 Å². The van der Waals surface area contributed by atoms with Crippen molar-refractivity contribution in [3.63, 3.8) is 0 Å². The standard InChI is InChI=1S/C11H10Cl2FNO3S/c1-15(7-2-3-7)11(16)8-4-6(12)5-9(10(8)14)19(13,17)18/h4-5,7H,2-3H2,1H3. The van der Waals surface area contributed by atoms with Gasteiger partial charge in [-0.25, -0.2) is 12.8 Å². The second-order valence-electron chi connectivity index (χ2n) is 4.35. The van der Waals surface area contributed by atoms with Crippen LogP contribution in [0.1, 0.15) is 23.2 Å². The van der Waals surface area contributed by atoms with E-state index < -0.39 is 25.7 Å². The summed E-state index contributed by atoms with van der Waals surface area (Å²) in [7, 11) is 2.35. The number of carbonyl (C=O) groups excluding carboxylic acids is 1. The van der Waals surface area contributed by atoms with Crippen LogP contribution in [0.15, 0.2) is 17.0 Å². The van der Waals surface area contributed by atoms with Gasteiger partial charge in [-0.05, 0) is 25.0 Å². The minimum Gasteiger partial charge on any atom is -0.339 e. The number of hydrogen-bond acceptors (Lipinski definition) is 3. The third-order valence-electron chi connectivity index (χ3n) is 2.91. The Labute approximate surface area is 119 Å². The van der Waals surface area contributed by atoms with Gasteiger partial charge in [-0.3, -0.25) is 4.79 Å². The number of nitrogens with zero attached hydrogens (tertiary/aromatic N) is 1. The van der Waals surface area contributed by atoms with Gasteiger partial charge < -0.3 is 4.90 Å². The molecule has 8 heteroatoms. The van der Waals surface area contributed by atoms with Gasteiger partial charge in [-0.2, -0.15) is 0 Å². The molecule has 19 heavy (non-hydrogen) atoms. The van der Waals surface area contributed by atoms with E-state index in [4.69, 9.17) is 22.3 Å². The fourth-order valence-corrected chi connectivity index (χ4v) is 2.93. The Bertz CT molecular complexity index is 644. The lowest BCUT2D eigenvalue weighted by atomic mass is 10.2. The normalized spacial score (nSPS) is 15.4. The molecule has 1 saturated carbocycles. The molecule has 0 N–H and O–H groups in total. The summed E-state index contributed by atoms with van der Waals surface area (Å²) in [6, 6.07) is 2.05. The Hall–Kier alpha value is -0.850. The molecule has 1 aliphatic carbocycles. The number of rotatable bonds is 3. The van der Waals surface area contributed by atoms with E-state index in [2.05, 4.69) is 0 Å². The van der Waals surface area contributed by atoms with Gasteiger partial charge in [0.15, 0.2) is 5.82 Å². The molecule has 1 aromatic rings. The Morgan fingerprint density at radius 3 is 2.47 bits per heavy atom. The van der Waals surface area contributed by atoms with Crippen LogP contribution in [0.3, 0.4) is 0 Å². The monoisotopic (exact) mass is 325 g/mol. The summed E-state index contributed by atoms with van der Waals surface area (Å²) in [6.45, 7) is 0. The molecule has 1 amide bonds. The van der Waals surface area contributed by atoms with Crippen LogP contribution in [0.25, 0.3) is 0 Å². The van der Waals surface area contributed by atoms with Crippen molar-refractivity contribution in [2.24, 2.45) is 0 Å².